The molecule has 0 unspecified atom stereocenters. The van der Waals surface area contributed by atoms with Crippen LogP contribution in [0.4, 0.5) is 5.69 Å². The van der Waals surface area contributed by atoms with Crippen LogP contribution in [0, 0.1) is 12.8 Å². The zero-order valence-electron chi connectivity index (χ0n) is 14.5. The standard InChI is InChI=1S/C21H23N3O/c1-15-9-20(22)21(25-14-17-5-3-2-4-6-17)10-19(15)18-11-23-24(13-18)12-16-7-8-16/h2-6,9-11,13,16H,7-8,12,14,22H2,1H3. The van der Waals surface area contributed by atoms with E-state index in [2.05, 4.69) is 18.2 Å². The molecule has 0 atom stereocenters. The number of rotatable bonds is 6. The summed E-state index contributed by atoms with van der Waals surface area (Å²) in [7, 11) is 0. The molecule has 1 fully saturated rings. The number of nitrogens with two attached hydrogens (primary N) is 1. The Labute approximate surface area is 148 Å². The lowest BCUT2D eigenvalue weighted by Gasteiger charge is -2.13. The van der Waals surface area contributed by atoms with Crippen molar-refractivity contribution >= 4 is 5.69 Å². The fraction of sp³-hybridized carbons (Fsp3) is 0.286. The van der Waals surface area contributed by atoms with E-state index in [1.807, 2.05) is 53.3 Å². The number of nitrogens with zero attached hydrogens (tertiary/aromatic N) is 2. The van der Waals surface area contributed by atoms with Gasteiger partial charge in [-0.25, -0.2) is 0 Å². The Bertz CT molecular complexity index is 866. The first-order valence-electron chi connectivity index (χ1n) is 8.79. The van der Waals surface area contributed by atoms with Crippen molar-refractivity contribution in [2.75, 3.05) is 5.73 Å². The molecule has 1 aliphatic rings. The predicted molar refractivity (Wildman–Crippen MR) is 100 cm³/mol. The molecule has 128 valence electrons. The molecule has 1 saturated carbocycles. The molecule has 3 aromatic rings. The highest BCUT2D eigenvalue weighted by molar-refractivity contribution is 5.72. The van der Waals surface area contributed by atoms with Crippen molar-refractivity contribution in [3.05, 3.63) is 66.0 Å². The summed E-state index contributed by atoms with van der Waals surface area (Å²) in [6, 6.07) is 14.1. The molecule has 4 nitrogen and oxygen atoms in total. The van der Waals surface area contributed by atoms with Crippen LogP contribution >= 0.6 is 0 Å². The van der Waals surface area contributed by atoms with Crippen LogP contribution in [0.5, 0.6) is 5.75 Å². The summed E-state index contributed by atoms with van der Waals surface area (Å²) in [4.78, 5) is 0. The molecule has 0 amide bonds. The molecule has 1 heterocycles. The summed E-state index contributed by atoms with van der Waals surface area (Å²) in [6.45, 7) is 3.60. The topological polar surface area (TPSA) is 53.1 Å². The Kier molecular flexibility index (Phi) is 4.18. The van der Waals surface area contributed by atoms with E-state index in [1.54, 1.807) is 0 Å². The summed E-state index contributed by atoms with van der Waals surface area (Å²) in [6.07, 6.45) is 6.71. The molecule has 0 radical (unpaired) electrons. The Morgan fingerprint density at radius 1 is 1.20 bits per heavy atom. The number of hydrogen-bond donors (Lipinski definition) is 1. The third-order valence-electron chi connectivity index (χ3n) is 4.68. The second-order valence-corrected chi connectivity index (χ2v) is 6.87. The van der Waals surface area contributed by atoms with Gasteiger partial charge in [0.05, 0.1) is 11.9 Å². The summed E-state index contributed by atoms with van der Waals surface area (Å²) in [5.41, 5.74) is 11.3. The maximum absolute atomic E-state index is 6.17. The minimum atomic E-state index is 0.508. The third-order valence-corrected chi connectivity index (χ3v) is 4.68. The van der Waals surface area contributed by atoms with E-state index in [0.29, 0.717) is 12.3 Å². The highest BCUT2D eigenvalue weighted by Crippen LogP contribution is 2.34. The molecule has 0 aliphatic heterocycles. The molecule has 1 aromatic heterocycles. The van der Waals surface area contributed by atoms with Gasteiger partial charge in [-0.2, -0.15) is 5.10 Å². The second kappa shape index (κ2) is 6.63. The summed E-state index contributed by atoms with van der Waals surface area (Å²) < 4.78 is 8.02. The van der Waals surface area contributed by atoms with Gasteiger partial charge in [-0.1, -0.05) is 30.3 Å². The lowest BCUT2D eigenvalue weighted by atomic mass is 10.0. The van der Waals surface area contributed by atoms with Crippen molar-refractivity contribution in [3.8, 4) is 16.9 Å². The van der Waals surface area contributed by atoms with Crippen molar-refractivity contribution in [3.63, 3.8) is 0 Å². The lowest BCUT2D eigenvalue weighted by Crippen LogP contribution is -2.00. The summed E-state index contributed by atoms with van der Waals surface area (Å²) in [5, 5.41) is 4.50. The first-order chi connectivity index (χ1) is 12.2. The lowest BCUT2D eigenvalue weighted by molar-refractivity contribution is 0.308. The van der Waals surface area contributed by atoms with Crippen LogP contribution in [0.25, 0.3) is 11.1 Å². The van der Waals surface area contributed by atoms with E-state index in [4.69, 9.17) is 10.5 Å². The van der Waals surface area contributed by atoms with Crippen molar-refractivity contribution in [1.29, 1.82) is 0 Å². The van der Waals surface area contributed by atoms with Crippen molar-refractivity contribution in [1.82, 2.24) is 9.78 Å². The quantitative estimate of drug-likeness (QED) is 0.679. The van der Waals surface area contributed by atoms with E-state index in [0.717, 1.165) is 40.5 Å². The fourth-order valence-electron chi connectivity index (χ4n) is 3.05. The van der Waals surface area contributed by atoms with Gasteiger partial charge in [-0.15, -0.1) is 0 Å². The highest BCUT2D eigenvalue weighted by Gasteiger charge is 2.22. The number of aryl methyl sites for hydroxylation is 1. The van der Waals surface area contributed by atoms with E-state index >= 15 is 0 Å². The molecule has 2 N–H and O–H groups in total. The maximum atomic E-state index is 6.17. The molecule has 4 heteroatoms. The Hall–Kier alpha value is -2.75. The molecule has 4 rings (SSSR count). The van der Waals surface area contributed by atoms with Crippen LogP contribution in [-0.4, -0.2) is 9.78 Å². The zero-order chi connectivity index (χ0) is 17.2. The fourth-order valence-corrected chi connectivity index (χ4v) is 3.05. The van der Waals surface area contributed by atoms with Crippen LogP contribution < -0.4 is 10.5 Å². The van der Waals surface area contributed by atoms with E-state index in [-0.39, 0.29) is 0 Å². The molecular formula is C21H23N3O. The minimum absolute atomic E-state index is 0.508. The number of benzene rings is 2. The van der Waals surface area contributed by atoms with Gasteiger partial charge in [0.2, 0.25) is 0 Å². The third kappa shape index (κ3) is 3.68. The van der Waals surface area contributed by atoms with Gasteiger partial charge >= 0.3 is 0 Å². The van der Waals surface area contributed by atoms with Crippen molar-refractivity contribution in [2.24, 2.45) is 5.92 Å². The average Bonchev–Trinajstić information content (AvgIpc) is 3.31. The molecule has 0 saturated heterocycles. The van der Waals surface area contributed by atoms with Crippen LogP contribution in [0.1, 0.15) is 24.0 Å². The number of ether oxygens (including phenoxy) is 1. The van der Waals surface area contributed by atoms with Gasteiger partial charge < -0.3 is 10.5 Å². The van der Waals surface area contributed by atoms with Crippen molar-refractivity contribution in [2.45, 2.75) is 32.9 Å². The molecule has 25 heavy (non-hydrogen) atoms. The van der Waals surface area contributed by atoms with E-state index in [9.17, 15) is 0 Å². The van der Waals surface area contributed by atoms with Crippen LogP contribution in [-0.2, 0) is 13.2 Å². The largest absolute Gasteiger partial charge is 0.487 e. The zero-order valence-corrected chi connectivity index (χ0v) is 14.5. The highest BCUT2D eigenvalue weighted by atomic mass is 16.5. The number of aromatic nitrogens is 2. The van der Waals surface area contributed by atoms with Crippen molar-refractivity contribution < 1.29 is 4.74 Å². The summed E-state index contributed by atoms with van der Waals surface area (Å²) >= 11 is 0. The second-order valence-electron chi connectivity index (χ2n) is 6.87. The molecule has 2 aromatic carbocycles. The predicted octanol–water partition coefficient (Wildman–Crippen LogP) is 4.43. The molecule has 0 bridgehead atoms. The van der Waals surface area contributed by atoms with Gasteiger partial charge in [-0.05, 0) is 54.5 Å². The van der Waals surface area contributed by atoms with Crippen LogP contribution in [0.3, 0.4) is 0 Å². The Balaban J connectivity index is 1.56. The normalized spacial score (nSPS) is 13.8. The Morgan fingerprint density at radius 2 is 2.00 bits per heavy atom. The maximum Gasteiger partial charge on any atom is 0.143 e. The van der Waals surface area contributed by atoms with Crippen LogP contribution in [0.15, 0.2) is 54.9 Å². The smallest absolute Gasteiger partial charge is 0.143 e. The van der Waals surface area contributed by atoms with E-state index in [1.165, 1.54) is 12.8 Å². The number of anilines is 1. The van der Waals surface area contributed by atoms with E-state index < -0.39 is 0 Å². The Morgan fingerprint density at radius 3 is 2.76 bits per heavy atom. The summed E-state index contributed by atoms with van der Waals surface area (Å²) in [5.74, 6) is 1.53. The molecular weight excluding hydrogens is 310 g/mol. The molecule has 1 aliphatic carbocycles. The number of nitrogen functional groups attached to an aromatic ring is 1. The monoisotopic (exact) mass is 333 g/mol. The van der Waals surface area contributed by atoms with Gasteiger partial charge in [0.15, 0.2) is 0 Å². The molecule has 0 spiro atoms. The first kappa shape index (κ1) is 15.8. The SMILES string of the molecule is Cc1cc(N)c(OCc2ccccc2)cc1-c1cnn(CC2CC2)c1. The first-order valence-corrected chi connectivity index (χ1v) is 8.79. The van der Waals surface area contributed by atoms with Crippen LogP contribution in [0.2, 0.25) is 0 Å². The van der Waals surface area contributed by atoms with Gasteiger partial charge in [0.25, 0.3) is 0 Å². The van der Waals surface area contributed by atoms with Gasteiger partial charge in [0.1, 0.15) is 12.4 Å². The van der Waals surface area contributed by atoms with Gasteiger partial charge in [-0.3, -0.25) is 4.68 Å². The van der Waals surface area contributed by atoms with Gasteiger partial charge in [0, 0.05) is 18.3 Å². The minimum Gasteiger partial charge on any atom is -0.487 e. The number of hydrogen-bond acceptors (Lipinski definition) is 3. The average molecular weight is 333 g/mol.